The Morgan fingerprint density at radius 1 is 0.875 bits per heavy atom. The Kier molecular flexibility index (Phi) is 3.21. The second kappa shape index (κ2) is 4.80. The van der Waals surface area contributed by atoms with Gasteiger partial charge in [0.2, 0.25) is 0 Å². The molecule has 16 heavy (non-hydrogen) atoms. The van der Waals surface area contributed by atoms with Crippen LogP contribution in [0.25, 0.3) is 11.6 Å². The molecular formula is C16H16. The summed E-state index contributed by atoms with van der Waals surface area (Å²) in [6.45, 7) is 4.26. The average Bonchev–Trinajstić information content (AvgIpc) is 2.33. The van der Waals surface area contributed by atoms with Gasteiger partial charge in [0.05, 0.1) is 0 Å². The molecule has 2 aromatic rings. The monoisotopic (exact) mass is 208 g/mol. The molecule has 0 atom stereocenters. The van der Waals surface area contributed by atoms with Crippen molar-refractivity contribution in [3.05, 3.63) is 71.3 Å². The predicted octanol–water partition coefficient (Wildman–Crippen LogP) is 4.56. The van der Waals surface area contributed by atoms with E-state index < -0.39 is 0 Å². The van der Waals surface area contributed by atoms with Crippen LogP contribution in [0.5, 0.6) is 0 Å². The Labute approximate surface area is 97.3 Å². The molecule has 0 aliphatic rings. The van der Waals surface area contributed by atoms with E-state index in [0.29, 0.717) is 0 Å². The Hall–Kier alpha value is -1.82. The molecule has 80 valence electrons. The topological polar surface area (TPSA) is 0 Å². The number of aryl methyl sites for hydroxylation is 1. The molecule has 0 aliphatic heterocycles. The van der Waals surface area contributed by atoms with Gasteiger partial charge in [-0.05, 0) is 30.5 Å². The maximum absolute atomic E-state index is 2.22. The third kappa shape index (κ3) is 2.60. The van der Waals surface area contributed by atoms with Crippen LogP contribution in [-0.2, 0) is 0 Å². The standard InChI is InChI=1S/C16H16/c1-13-8-10-15(11-9-13)12-14(2)16-6-4-3-5-7-16/h3-12H,1-2H3/b14-12+. The van der Waals surface area contributed by atoms with Gasteiger partial charge >= 0.3 is 0 Å². The second-order valence-corrected chi connectivity index (χ2v) is 4.10. The van der Waals surface area contributed by atoms with Crippen LogP contribution in [0.3, 0.4) is 0 Å². The van der Waals surface area contributed by atoms with Gasteiger partial charge < -0.3 is 0 Å². The molecular weight excluding hydrogens is 192 g/mol. The maximum Gasteiger partial charge on any atom is -0.0227 e. The summed E-state index contributed by atoms with van der Waals surface area (Å²) < 4.78 is 0. The van der Waals surface area contributed by atoms with Gasteiger partial charge in [0.1, 0.15) is 0 Å². The summed E-state index contributed by atoms with van der Waals surface area (Å²) in [5, 5.41) is 0. The summed E-state index contributed by atoms with van der Waals surface area (Å²) in [4.78, 5) is 0. The summed E-state index contributed by atoms with van der Waals surface area (Å²) in [6, 6.07) is 19.1. The Balaban J connectivity index is 2.28. The maximum atomic E-state index is 2.22. The van der Waals surface area contributed by atoms with Gasteiger partial charge in [0.15, 0.2) is 0 Å². The van der Waals surface area contributed by atoms with Crippen molar-refractivity contribution in [2.24, 2.45) is 0 Å². The summed E-state index contributed by atoms with van der Waals surface area (Å²) in [5.74, 6) is 0. The highest BCUT2D eigenvalue weighted by molar-refractivity contribution is 5.80. The minimum Gasteiger partial charge on any atom is -0.0622 e. The third-order valence-corrected chi connectivity index (χ3v) is 2.69. The molecule has 0 radical (unpaired) electrons. The lowest BCUT2D eigenvalue weighted by atomic mass is 10.0. The van der Waals surface area contributed by atoms with Crippen molar-refractivity contribution in [3.63, 3.8) is 0 Å². The van der Waals surface area contributed by atoms with Crippen molar-refractivity contribution in [1.82, 2.24) is 0 Å². The molecule has 0 bridgehead atoms. The van der Waals surface area contributed by atoms with Crippen LogP contribution in [0.2, 0.25) is 0 Å². The molecule has 2 aromatic carbocycles. The highest BCUT2D eigenvalue weighted by atomic mass is 14.0. The summed E-state index contributed by atoms with van der Waals surface area (Å²) in [7, 11) is 0. The normalized spacial score (nSPS) is 11.5. The van der Waals surface area contributed by atoms with Crippen LogP contribution in [-0.4, -0.2) is 0 Å². The van der Waals surface area contributed by atoms with E-state index in [2.05, 4.69) is 68.5 Å². The molecule has 0 heterocycles. The fourth-order valence-corrected chi connectivity index (χ4v) is 1.70. The minimum absolute atomic E-state index is 1.26. The smallest absolute Gasteiger partial charge is 0.0227 e. The largest absolute Gasteiger partial charge is 0.0622 e. The van der Waals surface area contributed by atoms with Gasteiger partial charge in [-0.15, -0.1) is 0 Å². The quantitative estimate of drug-likeness (QED) is 0.635. The Bertz CT molecular complexity index is 475. The van der Waals surface area contributed by atoms with Crippen LogP contribution in [0.1, 0.15) is 23.6 Å². The fourth-order valence-electron chi connectivity index (χ4n) is 1.70. The summed E-state index contributed by atoms with van der Waals surface area (Å²) in [5.41, 5.74) is 5.13. The van der Waals surface area contributed by atoms with E-state index in [9.17, 15) is 0 Å². The van der Waals surface area contributed by atoms with Crippen LogP contribution in [0.4, 0.5) is 0 Å². The summed E-state index contributed by atoms with van der Waals surface area (Å²) >= 11 is 0. The van der Waals surface area contributed by atoms with Crippen molar-refractivity contribution in [2.75, 3.05) is 0 Å². The van der Waals surface area contributed by atoms with Crippen molar-refractivity contribution in [3.8, 4) is 0 Å². The molecule has 0 heteroatoms. The van der Waals surface area contributed by atoms with E-state index in [1.165, 1.54) is 22.3 Å². The Morgan fingerprint density at radius 2 is 1.50 bits per heavy atom. The molecule has 0 N–H and O–H groups in total. The number of rotatable bonds is 2. The van der Waals surface area contributed by atoms with E-state index >= 15 is 0 Å². The zero-order chi connectivity index (χ0) is 11.4. The van der Waals surface area contributed by atoms with Gasteiger partial charge in [-0.2, -0.15) is 0 Å². The number of hydrogen-bond acceptors (Lipinski definition) is 0. The SMILES string of the molecule is C/C(=C\c1ccc(C)cc1)c1ccccc1. The molecule has 0 saturated heterocycles. The van der Waals surface area contributed by atoms with Gasteiger partial charge in [0, 0.05) is 0 Å². The van der Waals surface area contributed by atoms with E-state index in [1.54, 1.807) is 0 Å². The van der Waals surface area contributed by atoms with Crippen LogP contribution in [0.15, 0.2) is 54.6 Å². The van der Waals surface area contributed by atoms with Gasteiger partial charge in [-0.25, -0.2) is 0 Å². The van der Waals surface area contributed by atoms with Crippen molar-refractivity contribution < 1.29 is 0 Å². The van der Waals surface area contributed by atoms with E-state index in [-0.39, 0.29) is 0 Å². The van der Waals surface area contributed by atoms with Crippen molar-refractivity contribution in [1.29, 1.82) is 0 Å². The zero-order valence-corrected chi connectivity index (χ0v) is 9.77. The van der Waals surface area contributed by atoms with E-state index in [4.69, 9.17) is 0 Å². The molecule has 0 aliphatic carbocycles. The van der Waals surface area contributed by atoms with Gasteiger partial charge in [-0.1, -0.05) is 66.2 Å². The molecule has 0 nitrogen and oxygen atoms in total. The zero-order valence-electron chi connectivity index (χ0n) is 9.77. The van der Waals surface area contributed by atoms with Gasteiger partial charge in [0.25, 0.3) is 0 Å². The first-order chi connectivity index (χ1) is 7.75. The lowest BCUT2D eigenvalue weighted by molar-refractivity contribution is 1.46. The van der Waals surface area contributed by atoms with Crippen molar-refractivity contribution in [2.45, 2.75) is 13.8 Å². The Morgan fingerprint density at radius 3 is 2.12 bits per heavy atom. The molecule has 2 rings (SSSR count). The number of hydrogen-bond donors (Lipinski definition) is 0. The lowest BCUT2D eigenvalue weighted by Crippen LogP contribution is -1.79. The van der Waals surface area contributed by atoms with Gasteiger partial charge in [-0.3, -0.25) is 0 Å². The first-order valence-corrected chi connectivity index (χ1v) is 5.56. The molecule has 0 saturated carbocycles. The van der Waals surface area contributed by atoms with Crippen molar-refractivity contribution >= 4 is 11.6 Å². The van der Waals surface area contributed by atoms with Crippen LogP contribution >= 0.6 is 0 Å². The third-order valence-electron chi connectivity index (χ3n) is 2.69. The number of allylic oxidation sites excluding steroid dienone is 1. The molecule has 0 spiro atoms. The fraction of sp³-hybridized carbons (Fsp3) is 0.125. The van der Waals surface area contributed by atoms with E-state index in [0.717, 1.165) is 0 Å². The van der Waals surface area contributed by atoms with Crippen LogP contribution < -0.4 is 0 Å². The predicted molar refractivity (Wildman–Crippen MR) is 71.2 cm³/mol. The first-order valence-electron chi connectivity index (χ1n) is 5.56. The molecule has 0 unspecified atom stereocenters. The average molecular weight is 208 g/mol. The van der Waals surface area contributed by atoms with E-state index in [1.807, 2.05) is 6.07 Å². The lowest BCUT2D eigenvalue weighted by Gasteiger charge is -2.01. The summed E-state index contributed by atoms with van der Waals surface area (Å²) in [6.07, 6.45) is 2.22. The highest BCUT2D eigenvalue weighted by Crippen LogP contribution is 2.17. The minimum atomic E-state index is 1.26. The second-order valence-electron chi connectivity index (χ2n) is 4.10. The molecule has 0 amide bonds. The first kappa shape index (κ1) is 10.7. The van der Waals surface area contributed by atoms with Crippen LogP contribution in [0, 0.1) is 6.92 Å². The number of benzene rings is 2. The molecule has 0 fully saturated rings. The molecule has 0 aromatic heterocycles. The highest BCUT2D eigenvalue weighted by Gasteiger charge is 1.94.